The Balaban J connectivity index is 2.40. The van der Waals surface area contributed by atoms with E-state index in [4.69, 9.17) is 0 Å². The number of carbonyl (C=O) groups excluding carboxylic acids is 2. The summed E-state index contributed by atoms with van der Waals surface area (Å²) < 4.78 is 0. The fraction of sp³-hybridized carbons (Fsp3) is 0.786. The van der Waals surface area contributed by atoms with Crippen molar-refractivity contribution < 1.29 is 9.59 Å². The van der Waals surface area contributed by atoms with E-state index in [1.54, 1.807) is 14.0 Å². The molecule has 1 saturated heterocycles. The van der Waals surface area contributed by atoms with Crippen LogP contribution in [0, 0.1) is 0 Å². The van der Waals surface area contributed by atoms with Crippen molar-refractivity contribution in [3.63, 3.8) is 0 Å². The first kappa shape index (κ1) is 17.3. The molecule has 0 aromatic heterocycles. The summed E-state index contributed by atoms with van der Waals surface area (Å²) in [5.74, 6) is 0.584. The van der Waals surface area contributed by atoms with Crippen LogP contribution in [0.25, 0.3) is 0 Å². The molecule has 3 N–H and O–H groups in total. The van der Waals surface area contributed by atoms with Gasteiger partial charge in [-0.2, -0.15) is 0 Å². The maximum absolute atomic E-state index is 12.2. The average Bonchev–Trinajstić information content (AvgIpc) is 2.65. The molecule has 0 radical (unpaired) electrons. The van der Waals surface area contributed by atoms with Gasteiger partial charge >= 0.3 is 6.03 Å². The van der Waals surface area contributed by atoms with Gasteiger partial charge in [-0.05, 0) is 33.6 Å². The Morgan fingerprint density at radius 1 is 1.43 bits per heavy atom. The molecule has 3 amide bonds. The third kappa shape index (κ3) is 4.34. The van der Waals surface area contributed by atoms with Crippen LogP contribution < -0.4 is 16.0 Å². The van der Waals surface area contributed by atoms with E-state index >= 15 is 0 Å². The molecular weight excluding hydrogens is 270 g/mol. The van der Waals surface area contributed by atoms with Crippen LogP contribution in [0.15, 0.2) is 4.99 Å². The molecule has 7 heteroatoms. The summed E-state index contributed by atoms with van der Waals surface area (Å²) in [5, 5.41) is 9.08. The summed E-state index contributed by atoms with van der Waals surface area (Å²) in [5.41, 5.74) is -0.750. The summed E-state index contributed by atoms with van der Waals surface area (Å²) in [4.78, 5) is 29.4. The Morgan fingerprint density at radius 2 is 2.10 bits per heavy atom. The van der Waals surface area contributed by atoms with Crippen molar-refractivity contribution in [2.75, 3.05) is 20.1 Å². The summed E-state index contributed by atoms with van der Waals surface area (Å²) in [6.45, 7) is 8.78. The molecule has 0 bridgehead atoms. The predicted molar refractivity (Wildman–Crippen MR) is 83.2 cm³/mol. The fourth-order valence-corrected chi connectivity index (χ4v) is 2.10. The number of aliphatic imine (C=N–C) groups is 1. The van der Waals surface area contributed by atoms with Crippen LogP contribution in [0.2, 0.25) is 0 Å². The van der Waals surface area contributed by atoms with Gasteiger partial charge in [0.1, 0.15) is 5.54 Å². The topological polar surface area (TPSA) is 85.8 Å². The van der Waals surface area contributed by atoms with Crippen LogP contribution in [0.5, 0.6) is 0 Å². The number of hydrogen-bond acceptors (Lipinski definition) is 3. The fourth-order valence-electron chi connectivity index (χ4n) is 2.10. The first-order valence-corrected chi connectivity index (χ1v) is 7.45. The third-order valence-corrected chi connectivity index (χ3v) is 3.55. The van der Waals surface area contributed by atoms with E-state index in [1.807, 2.05) is 20.8 Å². The van der Waals surface area contributed by atoms with E-state index in [2.05, 4.69) is 20.9 Å². The van der Waals surface area contributed by atoms with Gasteiger partial charge in [-0.15, -0.1) is 0 Å². The summed E-state index contributed by atoms with van der Waals surface area (Å²) >= 11 is 0. The van der Waals surface area contributed by atoms with Gasteiger partial charge in [0.2, 0.25) is 0 Å². The van der Waals surface area contributed by atoms with Crippen LogP contribution in [0.1, 0.15) is 40.5 Å². The second kappa shape index (κ2) is 7.28. The van der Waals surface area contributed by atoms with Crippen molar-refractivity contribution in [2.24, 2.45) is 4.99 Å². The Bertz CT molecular complexity index is 422. The van der Waals surface area contributed by atoms with Gasteiger partial charge in [0, 0.05) is 26.2 Å². The number of rotatable bonds is 6. The molecule has 1 rings (SSSR count). The normalized spacial score (nSPS) is 22.8. The average molecular weight is 297 g/mol. The highest BCUT2D eigenvalue weighted by molar-refractivity contribution is 6.06. The Hall–Kier alpha value is -1.79. The van der Waals surface area contributed by atoms with Gasteiger partial charge in [-0.1, -0.05) is 6.92 Å². The maximum atomic E-state index is 12.2. The number of amides is 3. The lowest BCUT2D eigenvalue weighted by molar-refractivity contribution is -0.130. The van der Waals surface area contributed by atoms with Gasteiger partial charge in [-0.25, -0.2) is 4.79 Å². The van der Waals surface area contributed by atoms with Crippen molar-refractivity contribution in [1.82, 2.24) is 20.9 Å². The number of urea groups is 1. The maximum Gasteiger partial charge on any atom is 0.325 e. The van der Waals surface area contributed by atoms with Gasteiger partial charge in [0.05, 0.1) is 0 Å². The molecule has 0 aliphatic carbocycles. The number of guanidine groups is 1. The molecule has 0 aromatic carbocycles. The zero-order chi connectivity index (χ0) is 16.0. The molecule has 1 unspecified atom stereocenters. The highest BCUT2D eigenvalue weighted by Crippen LogP contribution is 2.20. The van der Waals surface area contributed by atoms with E-state index in [1.165, 1.54) is 4.90 Å². The van der Waals surface area contributed by atoms with Crippen LogP contribution >= 0.6 is 0 Å². The Morgan fingerprint density at radius 3 is 2.57 bits per heavy atom. The molecule has 21 heavy (non-hydrogen) atoms. The lowest BCUT2D eigenvalue weighted by Gasteiger charge is -2.19. The summed E-state index contributed by atoms with van der Waals surface area (Å²) in [7, 11) is 1.71. The molecule has 1 heterocycles. The van der Waals surface area contributed by atoms with Gasteiger partial charge < -0.3 is 16.0 Å². The van der Waals surface area contributed by atoms with E-state index in [0.717, 1.165) is 5.96 Å². The van der Waals surface area contributed by atoms with Crippen LogP contribution in [-0.4, -0.2) is 54.5 Å². The first-order valence-electron chi connectivity index (χ1n) is 7.45. The lowest BCUT2D eigenvalue weighted by Crippen LogP contribution is -2.43. The molecule has 1 aliphatic heterocycles. The molecule has 120 valence electrons. The molecule has 0 spiro atoms. The standard InChI is InChI=1S/C14H27N5O2/c1-6-14(4)11(20)19(13(21)18-14)9-7-8-16-12(15-5)17-10(2)3/h10H,6-9H2,1-5H3,(H,18,21)(H2,15,16,17). The van der Waals surface area contributed by atoms with E-state index < -0.39 is 5.54 Å². The molecule has 0 saturated carbocycles. The van der Waals surface area contributed by atoms with E-state index in [-0.39, 0.29) is 11.9 Å². The summed E-state index contributed by atoms with van der Waals surface area (Å²) in [6, 6.07) is 0.00133. The third-order valence-electron chi connectivity index (χ3n) is 3.55. The van der Waals surface area contributed by atoms with Crippen molar-refractivity contribution in [3.05, 3.63) is 0 Å². The lowest BCUT2D eigenvalue weighted by atomic mass is 9.99. The van der Waals surface area contributed by atoms with E-state index in [0.29, 0.717) is 32.0 Å². The Kier molecular flexibility index (Phi) is 5.99. The van der Waals surface area contributed by atoms with Crippen molar-refractivity contribution in [1.29, 1.82) is 0 Å². The highest BCUT2D eigenvalue weighted by atomic mass is 16.2. The zero-order valence-electron chi connectivity index (χ0n) is 13.6. The first-order chi connectivity index (χ1) is 9.84. The number of nitrogens with zero attached hydrogens (tertiary/aromatic N) is 2. The minimum Gasteiger partial charge on any atom is -0.356 e. The molecule has 1 fully saturated rings. The SMILES string of the molecule is CCC1(C)NC(=O)N(CCCNC(=NC)NC(C)C)C1=O. The largest absolute Gasteiger partial charge is 0.356 e. The Labute approximate surface area is 126 Å². The van der Waals surface area contributed by atoms with Gasteiger partial charge in [-0.3, -0.25) is 14.7 Å². The monoisotopic (exact) mass is 297 g/mol. The van der Waals surface area contributed by atoms with Crippen molar-refractivity contribution in [2.45, 2.75) is 52.1 Å². The van der Waals surface area contributed by atoms with Crippen molar-refractivity contribution >= 4 is 17.9 Å². The van der Waals surface area contributed by atoms with Crippen LogP contribution in [0.4, 0.5) is 4.79 Å². The molecule has 0 aromatic rings. The molecule has 1 aliphatic rings. The summed E-state index contributed by atoms with van der Waals surface area (Å²) in [6.07, 6.45) is 1.27. The molecule has 7 nitrogen and oxygen atoms in total. The minimum atomic E-state index is -0.750. The second-order valence-electron chi connectivity index (χ2n) is 5.72. The smallest absolute Gasteiger partial charge is 0.325 e. The van der Waals surface area contributed by atoms with Gasteiger partial charge in [0.15, 0.2) is 5.96 Å². The molecular formula is C14H27N5O2. The van der Waals surface area contributed by atoms with Crippen molar-refractivity contribution in [3.8, 4) is 0 Å². The zero-order valence-corrected chi connectivity index (χ0v) is 13.6. The minimum absolute atomic E-state index is 0.139. The van der Waals surface area contributed by atoms with E-state index in [9.17, 15) is 9.59 Å². The quantitative estimate of drug-likeness (QED) is 0.291. The second-order valence-corrected chi connectivity index (χ2v) is 5.72. The number of imide groups is 1. The highest BCUT2D eigenvalue weighted by Gasteiger charge is 2.45. The van der Waals surface area contributed by atoms with Crippen LogP contribution in [0.3, 0.4) is 0 Å². The number of carbonyl (C=O) groups is 2. The predicted octanol–water partition coefficient (Wildman–Crippen LogP) is 0.670. The van der Waals surface area contributed by atoms with Crippen LogP contribution in [-0.2, 0) is 4.79 Å². The van der Waals surface area contributed by atoms with Gasteiger partial charge in [0.25, 0.3) is 5.91 Å². The molecule has 1 atom stereocenters. The number of nitrogens with one attached hydrogen (secondary N) is 3. The number of hydrogen-bond donors (Lipinski definition) is 3.